The Balaban J connectivity index is 1.26. The molecule has 32 heavy (non-hydrogen) atoms. The van der Waals surface area contributed by atoms with Gasteiger partial charge in [-0.2, -0.15) is 5.10 Å². The number of carbonyl (C=O) groups is 1. The lowest BCUT2D eigenvalue weighted by Gasteiger charge is -2.36. The Hall–Kier alpha value is -2.94. The van der Waals surface area contributed by atoms with Crippen molar-refractivity contribution in [1.82, 2.24) is 30.2 Å². The van der Waals surface area contributed by atoms with E-state index in [4.69, 9.17) is 4.99 Å². The zero-order valence-corrected chi connectivity index (χ0v) is 18.6. The van der Waals surface area contributed by atoms with E-state index in [0.717, 1.165) is 69.3 Å². The largest absolute Gasteiger partial charge is 0.357 e. The van der Waals surface area contributed by atoms with Gasteiger partial charge < -0.3 is 15.5 Å². The van der Waals surface area contributed by atoms with Crippen molar-refractivity contribution in [1.29, 1.82) is 0 Å². The standard InChI is InChI=1S/C23H32FN7O/c1-2-25-23(30-15-13-29(14-16-30)17-22(32)27-19-5-6-19)26-11-9-20-10-12-31(28-20)21-7-3-18(24)4-8-21/h3-4,7-8,10,12,19H,2,5-6,9,11,13-17H2,1H3,(H,25,26)(H,27,32). The van der Waals surface area contributed by atoms with E-state index in [-0.39, 0.29) is 11.7 Å². The molecular weight excluding hydrogens is 409 g/mol. The number of halogens is 1. The average Bonchev–Trinajstić information content (AvgIpc) is 3.48. The summed E-state index contributed by atoms with van der Waals surface area (Å²) in [4.78, 5) is 21.3. The van der Waals surface area contributed by atoms with Gasteiger partial charge in [0, 0.05) is 57.9 Å². The molecule has 0 radical (unpaired) electrons. The topological polar surface area (TPSA) is 77.8 Å². The third kappa shape index (κ3) is 6.29. The van der Waals surface area contributed by atoms with Gasteiger partial charge in [0.05, 0.1) is 17.9 Å². The SMILES string of the molecule is CCNC(=NCCc1ccn(-c2ccc(F)cc2)n1)N1CCN(CC(=O)NC2CC2)CC1. The molecule has 2 fully saturated rings. The molecule has 0 bridgehead atoms. The lowest BCUT2D eigenvalue weighted by molar-refractivity contribution is -0.122. The van der Waals surface area contributed by atoms with Crippen molar-refractivity contribution in [3.8, 4) is 5.69 Å². The molecule has 9 heteroatoms. The maximum atomic E-state index is 13.1. The summed E-state index contributed by atoms with van der Waals surface area (Å²) in [6.45, 7) is 7.39. The monoisotopic (exact) mass is 441 g/mol. The Bertz CT molecular complexity index is 915. The summed E-state index contributed by atoms with van der Waals surface area (Å²) in [6, 6.07) is 8.67. The molecule has 1 saturated heterocycles. The Morgan fingerprint density at radius 2 is 1.91 bits per heavy atom. The van der Waals surface area contributed by atoms with E-state index in [1.807, 2.05) is 12.3 Å². The van der Waals surface area contributed by atoms with Crippen molar-refractivity contribution in [3.63, 3.8) is 0 Å². The Kier molecular flexibility index (Phi) is 7.36. The zero-order chi connectivity index (χ0) is 22.3. The minimum Gasteiger partial charge on any atom is -0.357 e. The number of aliphatic imine (C=N–C) groups is 1. The minimum absolute atomic E-state index is 0.140. The van der Waals surface area contributed by atoms with Gasteiger partial charge >= 0.3 is 0 Å². The highest BCUT2D eigenvalue weighted by Crippen LogP contribution is 2.18. The summed E-state index contributed by atoms with van der Waals surface area (Å²) < 4.78 is 14.9. The van der Waals surface area contributed by atoms with Crippen molar-refractivity contribution in [2.75, 3.05) is 45.8 Å². The molecule has 2 aromatic rings. The molecule has 1 aromatic heterocycles. The smallest absolute Gasteiger partial charge is 0.234 e. The molecule has 1 saturated carbocycles. The Morgan fingerprint density at radius 3 is 2.59 bits per heavy atom. The van der Waals surface area contributed by atoms with Crippen LogP contribution in [0.4, 0.5) is 4.39 Å². The van der Waals surface area contributed by atoms with Crippen LogP contribution in [0.15, 0.2) is 41.5 Å². The van der Waals surface area contributed by atoms with Crippen LogP contribution < -0.4 is 10.6 Å². The molecular formula is C23H32FN7O. The molecule has 1 aliphatic carbocycles. The van der Waals surface area contributed by atoms with Crippen molar-refractivity contribution in [3.05, 3.63) is 48.0 Å². The van der Waals surface area contributed by atoms with Gasteiger partial charge in [0.25, 0.3) is 0 Å². The number of piperazine rings is 1. The number of nitrogens with zero attached hydrogens (tertiary/aromatic N) is 5. The van der Waals surface area contributed by atoms with Gasteiger partial charge in [-0.3, -0.25) is 14.7 Å². The highest BCUT2D eigenvalue weighted by Gasteiger charge is 2.25. The van der Waals surface area contributed by atoms with Gasteiger partial charge in [0.15, 0.2) is 5.96 Å². The zero-order valence-electron chi connectivity index (χ0n) is 18.6. The third-order valence-corrected chi connectivity index (χ3v) is 5.68. The van der Waals surface area contributed by atoms with Gasteiger partial charge in [-0.15, -0.1) is 0 Å². The molecule has 4 rings (SSSR count). The fourth-order valence-corrected chi connectivity index (χ4v) is 3.76. The molecule has 1 aliphatic heterocycles. The number of guanidine groups is 1. The number of aromatic nitrogens is 2. The predicted molar refractivity (Wildman–Crippen MR) is 122 cm³/mol. The number of hydrogen-bond acceptors (Lipinski definition) is 4. The van der Waals surface area contributed by atoms with E-state index in [9.17, 15) is 9.18 Å². The van der Waals surface area contributed by atoms with Crippen LogP contribution >= 0.6 is 0 Å². The predicted octanol–water partition coefficient (Wildman–Crippen LogP) is 1.42. The highest BCUT2D eigenvalue weighted by atomic mass is 19.1. The maximum absolute atomic E-state index is 13.1. The minimum atomic E-state index is -0.256. The lowest BCUT2D eigenvalue weighted by atomic mass is 10.3. The molecule has 0 unspecified atom stereocenters. The highest BCUT2D eigenvalue weighted by molar-refractivity contribution is 5.80. The number of carbonyl (C=O) groups excluding carboxylic acids is 1. The Labute approximate surface area is 188 Å². The van der Waals surface area contributed by atoms with Gasteiger partial charge in [-0.1, -0.05) is 0 Å². The van der Waals surface area contributed by atoms with Crippen LogP contribution in [0.1, 0.15) is 25.5 Å². The molecule has 172 valence electrons. The van der Waals surface area contributed by atoms with E-state index >= 15 is 0 Å². The second kappa shape index (κ2) is 10.6. The second-order valence-electron chi connectivity index (χ2n) is 8.32. The Morgan fingerprint density at radius 1 is 1.16 bits per heavy atom. The van der Waals surface area contributed by atoms with E-state index in [1.54, 1.807) is 16.8 Å². The third-order valence-electron chi connectivity index (χ3n) is 5.68. The van der Waals surface area contributed by atoms with Crippen molar-refractivity contribution >= 4 is 11.9 Å². The van der Waals surface area contributed by atoms with E-state index in [0.29, 0.717) is 19.1 Å². The van der Waals surface area contributed by atoms with Gasteiger partial charge in [0.2, 0.25) is 5.91 Å². The number of amides is 1. The van der Waals surface area contributed by atoms with Crippen LogP contribution in [0, 0.1) is 5.82 Å². The summed E-state index contributed by atoms with van der Waals surface area (Å²) in [5.41, 5.74) is 1.78. The van der Waals surface area contributed by atoms with Crippen molar-refractivity contribution < 1.29 is 9.18 Å². The first kappa shape index (κ1) is 22.3. The average molecular weight is 442 g/mol. The van der Waals surface area contributed by atoms with E-state index < -0.39 is 0 Å². The van der Waals surface area contributed by atoms with Gasteiger partial charge in [-0.05, 0) is 50.1 Å². The number of hydrogen-bond donors (Lipinski definition) is 2. The maximum Gasteiger partial charge on any atom is 0.234 e. The van der Waals surface area contributed by atoms with Crippen LogP contribution in [0.5, 0.6) is 0 Å². The lowest BCUT2D eigenvalue weighted by Crippen LogP contribution is -2.54. The first-order valence-corrected chi connectivity index (χ1v) is 11.5. The van der Waals surface area contributed by atoms with Gasteiger partial charge in [-0.25, -0.2) is 9.07 Å². The summed E-state index contributed by atoms with van der Waals surface area (Å²) in [5, 5.41) is 11.0. The fraction of sp³-hybridized carbons (Fsp3) is 0.522. The molecule has 2 heterocycles. The van der Waals surface area contributed by atoms with Crippen LogP contribution in [0.2, 0.25) is 0 Å². The van der Waals surface area contributed by atoms with Crippen LogP contribution in [0.25, 0.3) is 5.69 Å². The number of benzene rings is 1. The number of rotatable bonds is 8. The van der Waals surface area contributed by atoms with Crippen LogP contribution in [0.3, 0.4) is 0 Å². The normalized spacial score (nSPS) is 17.4. The van der Waals surface area contributed by atoms with E-state index in [2.05, 4.69) is 32.5 Å². The molecule has 8 nitrogen and oxygen atoms in total. The molecule has 0 spiro atoms. The molecule has 1 aromatic carbocycles. The number of nitrogens with one attached hydrogen (secondary N) is 2. The second-order valence-corrected chi connectivity index (χ2v) is 8.32. The van der Waals surface area contributed by atoms with Crippen molar-refractivity contribution in [2.24, 2.45) is 4.99 Å². The first-order valence-electron chi connectivity index (χ1n) is 11.5. The summed E-state index contributed by atoms with van der Waals surface area (Å²) in [5.74, 6) is 0.794. The van der Waals surface area contributed by atoms with Gasteiger partial charge in [0.1, 0.15) is 5.82 Å². The van der Waals surface area contributed by atoms with Crippen LogP contribution in [-0.2, 0) is 11.2 Å². The quantitative estimate of drug-likeness (QED) is 0.479. The summed E-state index contributed by atoms with van der Waals surface area (Å²) in [6.07, 6.45) is 4.85. The first-order chi connectivity index (χ1) is 15.6. The fourth-order valence-electron chi connectivity index (χ4n) is 3.76. The molecule has 0 atom stereocenters. The summed E-state index contributed by atoms with van der Waals surface area (Å²) in [7, 11) is 0. The van der Waals surface area contributed by atoms with E-state index in [1.165, 1.54) is 12.1 Å². The van der Waals surface area contributed by atoms with Crippen LogP contribution in [-0.4, -0.2) is 83.3 Å². The molecule has 1 amide bonds. The summed E-state index contributed by atoms with van der Waals surface area (Å²) >= 11 is 0. The molecule has 2 aliphatic rings. The van der Waals surface area contributed by atoms with Crippen molar-refractivity contribution in [2.45, 2.75) is 32.2 Å². The molecule has 2 N–H and O–H groups in total.